The molecule has 0 aliphatic heterocycles. The van der Waals surface area contributed by atoms with E-state index in [1.165, 1.54) is 16.9 Å². The van der Waals surface area contributed by atoms with Crippen LogP contribution in [0.4, 0.5) is 0 Å². The molecule has 0 bridgehead atoms. The molecule has 130 valence electrons. The fourth-order valence-electron chi connectivity index (χ4n) is 2.45. The number of rotatable bonds is 7. The summed E-state index contributed by atoms with van der Waals surface area (Å²) in [6.07, 6.45) is 1.58. The van der Waals surface area contributed by atoms with Gasteiger partial charge >= 0.3 is 0 Å². The highest BCUT2D eigenvalue weighted by atomic mass is 32.1. The van der Waals surface area contributed by atoms with Crippen molar-refractivity contribution in [3.63, 3.8) is 0 Å². The number of amides is 1. The number of thiazole rings is 1. The van der Waals surface area contributed by atoms with E-state index in [2.05, 4.69) is 31.0 Å². The van der Waals surface area contributed by atoms with Gasteiger partial charge in [-0.25, -0.2) is 4.98 Å². The van der Waals surface area contributed by atoms with Crippen LogP contribution in [0.2, 0.25) is 0 Å². The molecule has 24 heavy (non-hydrogen) atoms. The van der Waals surface area contributed by atoms with Gasteiger partial charge in [-0.1, -0.05) is 44.2 Å². The Morgan fingerprint density at radius 1 is 1.29 bits per heavy atom. The standard InChI is InChI=1S/C19H27N3OS/c1-13(2)16(20)10-11-22(4)19(23)18-14(3)21-17(24-18)12-15-8-6-5-7-9-15/h5-9,13,16H,10-12,20H2,1-4H3. The first kappa shape index (κ1) is 18.6. The van der Waals surface area contributed by atoms with Crippen LogP contribution in [0.15, 0.2) is 30.3 Å². The highest BCUT2D eigenvalue weighted by Gasteiger charge is 2.20. The summed E-state index contributed by atoms with van der Waals surface area (Å²) in [6, 6.07) is 10.3. The molecule has 1 atom stereocenters. The second-order valence-corrected chi connectivity index (χ2v) is 7.69. The number of hydrogen-bond acceptors (Lipinski definition) is 4. The van der Waals surface area contributed by atoms with Crippen molar-refractivity contribution in [3.05, 3.63) is 51.5 Å². The SMILES string of the molecule is Cc1nc(Cc2ccccc2)sc1C(=O)N(C)CCC(N)C(C)C. The third-order valence-corrected chi connectivity index (χ3v) is 5.38. The molecule has 1 aromatic carbocycles. The van der Waals surface area contributed by atoms with Gasteiger partial charge in [0.05, 0.1) is 10.7 Å². The molecule has 0 radical (unpaired) electrons. The van der Waals surface area contributed by atoms with Crippen molar-refractivity contribution in [1.82, 2.24) is 9.88 Å². The molecular formula is C19H27N3OS. The van der Waals surface area contributed by atoms with Crippen LogP contribution in [-0.2, 0) is 6.42 Å². The first-order chi connectivity index (χ1) is 11.4. The molecule has 5 heteroatoms. The first-order valence-electron chi connectivity index (χ1n) is 8.39. The van der Waals surface area contributed by atoms with Gasteiger partial charge in [0.1, 0.15) is 4.88 Å². The summed E-state index contributed by atoms with van der Waals surface area (Å²) < 4.78 is 0. The smallest absolute Gasteiger partial charge is 0.265 e. The van der Waals surface area contributed by atoms with Crippen LogP contribution < -0.4 is 5.73 Å². The third-order valence-electron chi connectivity index (χ3n) is 4.23. The lowest BCUT2D eigenvalue weighted by molar-refractivity contribution is 0.0793. The second kappa shape index (κ2) is 8.40. The fourth-order valence-corrected chi connectivity index (χ4v) is 3.54. The van der Waals surface area contributed by atoms with E-state index in [9.17, 15) is 4.79 Å². The lowest BCUT2D eigenvalue weighted by Gasteiger charge is -2.21. The molecule has 2 N–H and O–H groups in total. The normalized spacial score (nSPS) is 12.4. The largest absolute Gasteiger partial charge is 0.341 e. The zero-order chi connectivity index (χ0) is 17.7. The molecule has 0 saturated heterocycles. The number of aromatic nitrogens is 1. The number of nitrogens with two attached hydrogens (primary N) is 1. The monoisotopic (exact) mass is 345 g/mol. The molecule has 0 saturated carbocycles. The molecule has 4 nitrogen and oxygen atoms in total. The molecule has 1 heterocycles. The van der Waals surface area contributed by atoms with Gasteiger partial charge in [-0.3, -0.25) is 4.79 Å². The summed E-state index contributed by atoms with van der Waals surface area (Å²) in [6.45, 7) is 6.79. The molecule has 2 rings (SSSR count). The maximum absolute atomic E-state index is 12.7. The molecule has 1 aromatic heterocycles. The Balaban J connectivity index is 2.02. The van der Waals surface area contributed by atoms with E-state index in [0.29, 0.717) is 12.5 Å². The van der Waals surface area contributed by atoms with Crippen LogP contribution in [0.5, 0.6) is 0 Å². The summed E-state index contributed by atoms with van der Waals surface area (Å²) in [5.74, 6) is 0.469. The van der Waals surface area contributed by atoms with Crippen LogP contribution in [0, 0.1) is 12.8 Å². The number of carbonyl (C=O) groups is 1. The number of aryl methyl sites for hydroxylation is 1. The van der Waals surface area contributed by atoms with Gasteiger partial charge < -0.3 is 10.6 Å². The highest BCUT2D eigenvalue weighted by Crippen LogP contribution is 2.22. The molecule has 0 aliphatic carbocycles. The number of nitrogens with zero attached hydrogens (tertiary/aromatic N) is 2. The van der Waals surface area contributed by atoms with E-state index >= 15 is 0 Å². The van der Waals surface area contributed by atoms with Gasteiger partial charge in [0, 0.05) is 26.1 Å². The van der Waals surface area contributed by atoms with Crippen molar-refractivity contribution < 1.29 is 4.79 Å². The Kier molecular flexibility index (Phi) is 6.52. The molecule has 2 aromatic rings. The van der Waals surface area contributed by atoms with Gasteiger partial charge in [-0.05, 0) is 24.8 Å². The Bertz CT molecular complexity index is 667. The van der Waals surface area contributed by atoms with Crippen molar-refractivity contribution in [2.45, 2.75) is 39.7 Å². The lowest BCUT2D eigenvalue weighted by Crippen LogP contribution is -2.34. The maximum Gasteiger partial charge on any atom is 0.265 e. The van der Waals surface area contributed by atoms with Crippen LogP contribution >= 0.6 is 11.3 Å². The summed E-state index contributed by atoms with van der Waals surface area (Å²) in [5, 5.41) is 0.981. The zero-order valence-electron chi connectivity index (χ0n) is 15.0. The highest BCUT2D eigenvalue weighted by molar-refractivity contribution is 7.13. The van der Waals surface area contributed by atoms with E-state index in [-0.39, 0.29) is 11.9 Å². The predicted molar refractivity (Wildman–Crippen MR) is 100 cm³/mol. The van der Waals surface area contributed by atoms with Crippen molar-refractivity contribution in [3.8, 4) is 0 Å². The predicted octanol–water partition coefficient (Wildman–Crippen LogP) is 3.49. The lowest BCUT2D eigenvalue weighted by atomic mass is 10.0. The molecule has 0 aliphatic rings. The van der Waals surface area contributed by atoms with E-state index in [1.54, 1.807) is 4.90 Å². The van der Waals surface area contributed by atoms with Crippen LogP contribution in [0.3, 0.4) is 0 Å². The van der Waals surface area contributed by atoms with E-state index in [0.717, 1.165) is 28.4 Å². The summed E-state index contributed by atoms with van der Waals surface area (Å²) >= 11 is 1.50. The van der Waals surface area contributed by atoms with Gasteiger partial charge in [-0.2, -0.15) is 0 Å². The molecule has 1 unspecified atom stereocenters. The van der Waals surface area contributed by atoms with Crippen molar-refractivity contribution in [2.75, 3.05) is 13.6 Å². The summed E-state index contributed by atoms with van der Waals surface area (Å²) in [7, 11) is 1.84. The van der Waals surface area contributed by atoms with Gasteiger partial charge in [0.2, 0.25) is 0 Å². The topological polar surface area (TPSA) is 59.2 Å². The molecular weight excluding hydrogens is 318 g/mol. The average molecular weight is 346 g/mol. The maximum atomic E-state index is 12.7. The van der Waals surface area contributed by atoms with Crippen molar-refractivity contribution in [1.29, 1.82) is 0 Å². The minimum atomic E-state index is 0.0419. The molecule has 0 fully saturated rings. The minimum absolute atomic E-state index is 0.0419. The summed E-state index contributed by atoms with van der Waals surface area (Å²) in [5.41, 5.74) is 8.10. The Morgan fingerprint density at radius 2 is 1.96 bits per heavy atom. The van der Waals surface area contributed by atoms with Gasteiger partial charge in [0.15, 0.2) is 0 Å². The number of hydrogen-bond donors (Lipinski definition) is 1. The van der Waals surface area contributed by atoms with E-state index in [1.807, 2.05) is 32.2 Å². The zero-order valence-corrected chi connectivity index (χ0v) is 15.8. The Labute approximate surface area is 148 Å². The van der Waals surface area contributed by atoms with Crippen LogP contribution in [0.1, 0.15) is 46.2 Å². The Morgan fingerprint density at radius 3 is 2.58 bits per heavy atom. The van der Waals surface area contributed by atoms with Crippen molar-refractivity contribution >= 4 is 17.2 Å². The van der Waals surface area contributed by atoms with Gasteiger partial charge in [-0.15, -0.1) is 11.3 Å². The van der Waals surface area contributed by atoms with E-state index < -0.39 is 0 Å². The van der Waals surface area contributed by atoms with Crippen LogP contribution in [-0.4, -0.2) is 35.4 Å². The second-order valence-electron chi connectivity index (χ2n) is 6.61. The average Bonchev–Trinajstić information content (AvgIpc) is 2.92. The Hall–Kier alpha value is -1.72. The minimum Gasteiger partial charge on any atom is -0.341 e. The quantitative estimate of drug-likeness (QED) is 0.836. The van der Waals surface area contributed by atoms with Crippen molar-refractivity contribution in [2.24, 2.45) is 11.7 Å². The van der Waals surface area contributed by atoms with Gasteiger partial charge in [0.25, 0.3) is 5.91 Å². The summed E-state index contributed by atoms with van der Waals surface area (Å²) in [4.78, 5) is 19.7. The number of carbonyl (C=O) groups excluding carboxylic acids is 1. The third kappa shape index (κ3) is 4.89. The first-order valence-corrected chi connectivity index (χ1v) is 9.21. The fraction of sp³-hybridized carbons (Fsp3) is 0.474. The molecule has 0 spiro atoms. The molecule has 1 amide bonds. The van der Waals surface area contributed by atoms with Crippen LogP contribution in [0.25, 0.3) is 0 Å². The number of benzene rings is 1. The van der Waals surface area contributed by atoms with E-state index in [4.69, 9.17) is 5.73 Å².